The van der Waals surface area contributed by atoms with Crippen LogP contribution in [-0.2, 0) is 11.2 Å². The van der Waals surface area contributed by atoms with Crippen LogP contribution in [0, 0.1) is 5.92 Å². The summed E-state index contributed by atoms with van der Waals surface area (Å²) < 4.78 is 10.7. The molecule has 0 aliphatic heterocycles. The van der Waals surface area contributed by atoms with Gasteiger partial charge in [-0.25, -0.2) is 0 Å². The number of carboxylic acids is 1. The first-order valence-corrected chi connectivity index (χ1v) is 8.05. The largest absolute Gasteiger partial charge is 0.496 e. The highest BCUT2D eigenvalue weighted by atomic mass is 16.5. The van der Waals surface area contributed by atoms with Gasteiger partial charge in [-0.1, -0.05) is 25.7 Å². The second-order valence-corrected chi connectivity index (χ2v) is 6.04. The number of methoxy groups -OCH3 is 2. The molecule has 0 unspecified atom stereocenters. The lowest BCUT2D eigenvalue weighted by atomic mass is 9.94. The SMILES string of the molecule is COc1cc(OC)c(C(=O)CCC(=O)O)cc1CC1CCCC1. The van der Waals surface area contributed by atoms with E-state index in [0.717, 1.165) is 17.7 Å². The van der Waals surface area contributed by atoms with Crippen LogP contribution in [0.3, 0.4) is 0 Å². The Bertz CT molecular complexity index is 573. The Hall–Kier alpha value is -2.04. The molecule has 23 heavy (non-hydrogen) atoms. The quantitative estimate of drug-likeness (QED) is 0.742. The van der Waals surface area contributed by atoms with E-state index >= 15 is 0 Å². The summed E-state index contributed by atoms with van der Waals surface area (Å²) in [5.74, 6) is 0.604. The van der Waals surface area contributed by atoms with Gasteiger partial charge in [-0.15, -0.1) is 0 Å². The van der Waals surface area contributed by atoms with Gasteiger partial charge in [0, 0.05) is 12.5 Å². The molecule has 1 aliphatic carbocycles. The van der Waals surface area contributed by atoms with E-state index in [1.165, 1.54) is 32.8 Å². The van der Waals surface area contributed by atoms with Crippen molar-refractivity contribution in [1.82, 2.24) is 0 Å². The summed E-state index contributed by atoms with van der Waals surface area (Å²) in [7, 11) is 3.11. The summed E-state index contributed by atoms with van der Waals surface area (Å²) in [6.07, 6.45) is 5.61. The van der Waals surface area contributed by atoms with Crippen molar-refractivity contribution >= 4 is 11.8 Å². The first-order valence-electron chi connectivity index (χ1n) is 8.05. The van der Waals surface area contributed by atoms with E-state index in [1.807, 2.05) is 6.07 Å². The second-order valence-electron chi connectivity index (χ2n) is 6.04. The fourth-order valence-electron chi connectivity index (χ4n) is 3.22. The van der Waals surface area contributed by atoms with Gasteiger partial charge in [0.25, 0.3) is 0 Å². The number of benzene rings is 1. The van der Waals surface area contributed by atoms with Crippen molar-refractivity contribution in [3.8, 4) is 11.5 Å². The van der Waals surface area contributed by atoms with Crippen molar-refractivity contribution in [2.24, 2.45) is 5.92 Å². The molecule has 5 nitrogen and oxygen atoms in total. The van der Waals surface area contributed by atoms with Crippen LogP contribution in [0.1, 0.15) is 54.4 Å². The third-order valence-electron chi connectivity index (χ3n) is 4.45. The van der Waals surface area contributed by atoms with Crippen LogP contribution in [0.5, 0.6) is 11.5 Å². The van der Waals surface area contributed by atoms with Crippen molar-refractivity contribution in [3.63, 3.8) is 0 Å². The molecule has 0 spiro atoms. The molecule has 1 aromatic carbocycles. The Morgan fingerprint density at radius 1 is 1.09 bits per heavy atom. The average molecular weight is 320 g/mol. The summed E-state index contributed by atoms with van der Waals surface area (Å²) in [6.45, 7) is 0. The zero-order valence-corrected chi connectivity index (χ0v) is 13.8. The topological polar surface area (TPSA) is 72.8 Å². The van der Waals surface area contributed by atoms with Crippen LogP contribution in [0.2, 0.25) is 0 Å². The number of hydrogen-bond donors (Lipinski definition) is 1. The van der Waals surface area contributed by atoms with E-state index < -0.39 is 5.97 Å². The highest BCUT2D eigenvalue weighted by molar-refractivity contribution is 6.00. The fraction of sp³-hybridized carbons (Fsp3) is 0.556. The van der Waals surface area contributed by atoms with E-state index in [-0.39, 0.29) is 18.6 Å². The molecule has 126 valence electrons. The molecule has 0 amide bonds. The van der Waals surface area contributed by atoms with Gasteiger partial charge >= 0.3 is 5.97 Å². The Morgan fingerprint density at radius 3 is 2.30 bits per heavy atom. The Morgan fingerprint density at radius 2 is 1.74 bits per heavy atom. The molecular weight excluding hydrogens is 296 g/mol. The highest BCUT2D eigenvalue weighted by Crippen LogP contribution is 2.35. The molecule has 1 N–H and O–H groups in total. The average Bonchev–Trinajstić information content (AvgIpc) is 3.05. The normalized spacial score (nSPS) is 14.7. The Balaban J connectivity index is 2.27. The lowest BCUT2D eigenvalue weighted by Crippen LogP contribution is -2.09. The number of ether oxygens (including phenoxy) is 2. The molecule has 0 saturated heterocycles. The van der Waals surface area contributed by atoms with Gasteiger partial charge in [-0.05, 0) is 24.0 Å². The number of rotatable bonds is 8. The van der Waals surface area contributed by atoms with E-state index in [0.29, 0.717) is 17.2 Å². The summed E-state index contributed by atoms with van der Waals surface area (Å²) in [5.41, 5.74) is 1.45. The van der Waals surface area contributed by atoms with E-state index in [4.69, 9.17) is 14.6 Å². The molecule has 0 radical (unpaired) electrons. The van der Waals surface area contributed by atoms with Crippen molar-refractivity contribution in [2.75, 3.05) is 14.2 Å². The monoisotopic (exact) mass is 320 g/mol. The van der Waals surface area contributed by atoms with Gasteiger partial charge < -0.3 is 14.6 Å². The zero-order chi connectivity index (χ0) is 16.8. The molecule has 1 aromatic rings. The molecule has 0 aromatic heterocycles. The van der Waals surface area contributed by atoms with Gasteiger partial charge in [0.05, 0.1) is 26.2 Å². The molecule has 0 heterocycles. The van der Waals surface area contributed by atoms with Gasteiger partial charge in [0.1, 0.15) is 11.5 Å². The van der Waals surface area contributed by atoms with Crippen molar-refractivity contribution in [3.05, 3.63) is 23.3 Å². The number of hydrogen-bond acceptors (Lipinski definition) is 4. The maximum absolute atomic E-state index is 12.3. The van der Waals surface area contributed by atoms with Crippen LogP contribution in [0.15, 0.2) is 12.1 Å². The molecule has 1 saturated carbocycles. The maximum atomic E-state index is 12.3. The third-order valence-corrected chi connectivity index (χ3v) is 4.45. The van der Waals surface area contributed by atoms with Gasteiger partial charge in [0.15, 0.2) is 5.78 Å². The van der Waals surface area contributed by atoms with Gasteiger partial charge in [0.2, 0.25) is 0 Å². The molecule has 1 fully saturated rings. The molecule has 0 bridgehead atoms. The van der Waals surface area contributed by atoms with E-state index in [1.54, 1.807) is 13.2 Å². The number of aliphatic carboxylic acids is 1. The number of Topliss-reactive ketones (excluding diaryl/α,β-unsaturated/α-hetero) is 1. The molecular formula is C18H24O5. The molecule has 0 atom stereocenters. The predicted molar refractivity (Wildman–Crippen MR) is 86.4 cm³/mol. The maximum Gasteiger partial charge on any atom is 0.303 e. The van der Waals surface area contributed by atoms with Crippen LogP contribution < -0.4 is 9.47 Å². The first kappa shape index (κ1) is 17.3. The number of carbonyl (C=O) groups is 2. The number of carbonyl (C=O) groups excluding carboxylic acids is 1. The van der Waals surface area contributed by atoms with Crippen LogP contribution in [0.4, 0.5) is 0 Å². The van der Waals surface area contributed by atoms with Crippen LogP contribution >= 0.6 is 0 Å². The fourth-order valence-corrected chi connectivity index (χ4v) is 3.22. The molecule has 2 rings (SSSR count). The minimum absolute atomic E-state index is 0.0269. The lowest BCUT2D eigenvalue weighted by Gasteiger charge is -2.16. The smallest absolute Gasteiger partial charge is 0.303 e. The van der Waals surface area contributed by atoms with Crippen molar-refractivity contribution < 1.29 is 24.2 Å². The standard InChI is InChI=1S/C18H24O5/c1-22-16-11-17(23-2)14(15(19)7-8-18(20)21)10-13(16)9-12-5-3-4-6-12/h10-12H,3-9H2,1-2H3,(H,20,21). The Kier molecular flexibility index (Phi) is 6.02. The first-order chi connectivity index (χ1) is 11.0. The third kappa shape index (κ3) is 4.47. The number of carboxylic acid groups (broad SMARTS) is 1. The Labute approximate surface area is 136 Å². The summed E-state index contributed by atoms with van der Waals surface area (Å²) in [5, 5.41) is 8.76. The van der Waals surface area contributed by atoms with Crippen LogP contribution in [0.25, 0.3) is 0 Å². The van der Waals surface area contributed by atoms with Crippen molar-refractivity contribution in [2.45, 2.75) is 44.9 Å². The predicted octanol–water partition coefficient (Wildman–Crippen LogP) is 3.48. The summed E-state index contributed by atoms with van der Waals surface area (Å²) in [6, 6.07) is 3.55. The number of ketones is 1. The van der Waals surface area contributed by atoms with E-state index in [2.05, 4.69) is 0 Å². The van der Waals surface area contributed by atoms with Gasteiger partial charge in [-0.3, -0.25) is 9.59 Å². The van der Waals surface area contributed by atoms with Gasteiger partial charge in [-0.2, -0.15) is 0 Å². The van der Waals surface area contributed by atoms with Crippen molar-refractivity contribution in [1.29, 1.82) is 0 Å². The molecule has 1 aliphatic rings. The minimum Gasteiger partial charge on any atom is -0.496 e. The summed E-state index contributed by atoms with van der Waals surface area (Å²) >= 11 is 0. The highest BCUT2D eigenvalue weighted by Gasteiger charge is 2.21. The van der Waals surface area contributed by atoms with Crippen LogP contribution in [-0.4, -0.2) is 31.1 Å². The second kappa shape index (κ2) is 7.99. The molecule has 5 heteroatoms. The van der Waals surface area contributed by atoms with E-state index in [9.17, 15) is 9.59 Å². The minimum atomic E-state index is -0.975. The lowest BCUT2D eigenvalue weighted by molar-refractivity contribution is -0.136. The zero-order valence-electron chi connectivity index (χ0n) is 13.8. The summed E-state index contributed by atoms with van der Waals surface area (Å²) in [4.78, 5) is 23.0.